The van der Waals surface area contributed by atoms with Crippen LogP contribution in [0.3, 0.4) is 0 Å². The number of pyridine rings is 2. The molecule has 1 aliphatic rings. The molecule has 5 heteroatoms. The first-order valence-corrected chi connectivity index (χ1v) is 11.8. The quantitative estimate of drug-likeness (QED) is 0.380. The van der Waals surface area contributed by atoms with Gasteiger partial charge in [-0.1, -0.05) is 73.2 Å². The zero-order chi connectivity index (χ0) is 21.7. The topological polar surface area (TPSA) is 38.9 Å². The first kappa shape index (κ1) is 19.6. The molecule has 3 aromatic heterocycles. The number of furan rings is 1. The van der Waals surface area contributed by atoms with Crippen LogP contribution in [0.1, 0.15) is 37.7 Å². The summed E-state index contributed by atoms with van der Waals surface area (Å²) in [6.45, 7) is 0. The molecule has 1 fully saturated rings. The van der Waals surface area contributed by atoms with Gasteiger partial charge in [0.15, 0.2) is 0 Å². The van der Waals surface area contributed by atoms with E-state index in [1.807, 2.05) is 24.4 Å². The van der Waals surface area contributed by atoms with Crippen molar-refractivity contribution in [2.24, 2.45) is 5.92 Å². The van der Waals surface area contributed by atoms with E-state index in [4.69, 9.17) is 14.4 Å². The van der Waals surface area contributed by atoms with E-state index in [9.17, 15) is 0 Å². The average molecular weight is 416 g/mol. The number of hydrogen-bond acceptors (Lipinski definition) is 3. The third-order valence-electron chi connectivity index (χ3n) is 7.60. The summed E-state index contributed by atoms with van der Waals surface area (Å²) in [7, 11) is 4.80. The molecule has 6 rings (SSSR count). The third kappa shape index (κ3) is 3.14. The Labute approximate surface area is 190 Å². The Balaban J connectivity index is 1.49. The third-order valence-corrected chi connectivity index (χ3v) is 7.60. The van der Waals surface area contributed by atoms with Crippen molar-refractivity contribution in [3.8, 4) is 11.3 Å². The maximum absolute atomic E-state index is 6.34. The molecule has 0 unspecified atom stereocenters. The lowest BCUT2D eigenvalue weighted by molar-refractivity contribution is 0.327. The zero-order valence-electron chi connectivity index (χ0n) is 18.8. The highest BCUT2D eigenvalue weighted by atomic mass is 16.3. The zero-order valence-corrected chi connectivity index (χ0v) is 18.8. The Hall–Kier alpha value is -3.07. The van der Waals surface area contributed by atoms with Crippen LogP contribution in [0.15, 0.2) is 71.3 Å². The predicted molar refractivity (Wildman–Crippen MR) is 138 cm³/mol. The second-order valence-corrected chi connectivity index (χ2v) is 9.80. The van der Waals surface area contributed by atoms with Gasteiger partial charge in [0.1, 0.15) is 21.3 Å². The van der Waals surface area contributed by atoms with Crippen LogP contribution in [0.5, 0.6) is 0 Å². The first-order chi connectivity index (χ1) is 15.6. The summed E-state index contributed by atoms with van der Waals surface area (Å²) in [6, 6.07) is 21.2. The molecule has 0 aliphatic heterocycles. The predicted octanol–water partition coefficient (Wildman–Crippen LogP) is 5.20. The van der Waals surface area contributed by atoms with Crippen molar-refractivity contribution in [3.63, 3.8) is 0 Å². The van der Waals surface area contributed by atoms with Crippen LogP contribution in [0.25, 0.3) is 44.2 Å². The Morgan fingerprint density at radius 1 is 0.875 bits per heavy atom. The van der Waals surface area contributed by atoms with Gasteiger partial charge < -0.3 is 4.42 Å². The summed E-state index contributed by atoms with van der Waals surface area (Å²) in [4.78, 5) is 9.54. The van der Waals surface area contributed by atoms with Gasteiger partial charge in [0.25, 0.3) is 0 Å². The van der Waals surface area contributed by atoms with E-state index in [1.165, 1.54) is 37.7 Å². The van der Waals surface area contributed by atoms with Crippen molar-refractivity contribution < 1.29 is 4.42 Å². The Bertz CT molecular complexity index is 1450. The minimum absolute atomic E-state index is 0.138. The molecule has 0 amide bonds. The van der Waals surface area contributed by atoms with Crippen LogP contribution < -0.4 is 0 Å². The van der Waals surface area contributed by atoms with Gasteiger partial charge in [0.05, 0.1) is 11.2 Å². The molecule has 3 nitrogen and oxygen atoms in total. The maximum Gasteiger partial charge on any atom is 0.227 e. The van der Waals surface area contributed by atoms with Crippen LogP contribution in [0.4, 0.5) is 0 Å². The molecule has 32 heavy (non-hydrogen) atoms. The van der Waals surface area contributed by atoms with Crippen molar-refractivity contribution in [1.82, 2.24) is 9.97 Å². The minimum atomic E-state index is 0.138. The van der Waals surface area contributed by atoms with Gasteiger partial charge in [-0.25, -0.2) is 4.98 Å². The molecule has 0 spiro atoms. The number of hydrogen-bond donors (Lipinski definition) is 0. The highest BCUT2D eigenvalue weighted by Crippen LogP contribution is 2.39. The van der Waals surface area contributed by atoms with E-state index < -0.39 is 0 Å². The van der Waals surface area contributed by atoms with E-state index in [0.29, 0.717) is 5.71 Å². The highest BCUT2D eigenvalue weighted by molar-refractivity contribution is 6.40. The lowest BCUT2D eigenvalue weighted by atomic mass is 9.43. The van der Waals surface area contributed by atoms with E-state index in [2.05, 4.69) is 58.2 Å². The number of rotatable bonds is 3. The first-order valence-electron chi connectivity index (χ1n) is 11.8. The summed E-state index contributed by atoms with van der Waals surface area (Å²) in [5.41, 5.74) is 5.88. The summed E-state index contributed by atoms with van der Waals surface area (Å²) in [5.74, 6) is 0.727. The van der Waals surface area contributed by atoms with Crippen molar-refractivity contribution in [1.29, 1.82) is 0 Å². The standard InChI is InChI=1S/C27H26B2N2O/c28-27(29,18-8-2-1-3-9-18)19-13-14-30-24(16-19)21-11-6-10-20-22-15-17-7-4-5-12-23(17)31-26(22)32-25(20)21/h4-7,10-16,18H,1-3,8-9,28-29H2. The largest absolute Gasteiger partial charge is 0.437 e. The maximum atomic E-state index is 6.34. The summed E-state index contributed by atoms with van der Waals surface area (Å²) in [6.07, 6.45) is 8.69. The van der Waals surface area contributed by atoms with Crippen molar-refractivity contribution in [2.75, 3.05) is 0 Å². The van der Waals surface area contributed by atoms with Crippen molar-refractivity contribution in [3.05, 3.63) is 72.4 Å². The molecule has 156 valence electrons. The van der Waals surface area contributed by atoms with Crippen LogP contribution in [-0.4, -0.2) is 25.7 Å². The highest BCUT2D eigenvalue weighted by Gasteiger charge is 2.32. The van der Waals surface area contributed by atoms with Gasteiger partial charge in [-0.2, -0.15) is 0 Å². The molecule has 0 atom stereocenters. The smallest absolute Gasteiger partial charge is 0.227 e. The molecule has 1 aliphatic carbocycles. The minimum Gasteiger partial charge on any atom is -0.437 e. The van der Waals surface area contributed by atoms with Gasteiger partial charge in [-0.05, 0) is 36.2 Å². The normalized spacial score (nSPS) is 15.6. The average Bonchev–Trinajstić information content (AvgIpc) is 3.20. The monoisotopic (exact) mass is 416 g/mol. The fraction of sp³-hybridized carbons (Fsp3) is 0.259. The Morgan fingerprint density at radius 2 is 1.72 bits per heavy atom. The molecule has 5 aromatic rings. The number of benzene rings is 2. The number of fused-ring (bicyclic) bond motifs is 4. The Kier molecular flexibility index (Phi) is 4.60. The molecule has 0 radical (unpaired) electrons. The summed E-state index contributed by atoms with van der Waals surface area (Å²) in [5, 5.41) is 3.41. The fourth-order valence-electron chi connectivity index (χ4n) is 5.57. The Morgan fingerprint density at radius 3 is 2.59 bits per heavy atom. The molecule has 0 bridgehead atoms. The summed E-state index contributed by atoms with van der Waals surface area (Å²) < 4.78 is 6.34. The molecule has 1 saturated carbocycles. The van der Waals surface area contributed by atoms with Crippen LogP contribution in [-0.2, 0) is 5.21 Å². The van der Waals surface area contributed by atoms with Crippen molar-refractivity contribution >= 4 is 48.7 Å². The van der Waals surface area contributed by atoms with Crippen LogP contribution in [0, 0.1) is 5.92 Å². The SMILES string of the molecule is BC(B)(c1ccnc(-c2cccc3c2oc2nc4ccccc4cc23)c1)C1CCCCC1. The van der Waals surface area contributed by atoms with Gasteiger partial charge >= 0.3 is 0 Å². The van der Waals surface area contributed by atoms with Crippen molar-refractivity contribution in [2.45, 2.75) is 37.3 Å². The van der Waals surface area contributed by atoms with E-state index in [-0.39, 0.29) is 5.21 Å². The second-order valence-electron chi connectivity index (χ2n) is 9.80. The van der Waals surface area contributed by atoms with Gasteiger partial charge in [0, 0.05) is 27.9 Å². The number of nitrogens with zero attached hydrogens (tertiary/aromatic N) is 2. The molecular formula is C27H26B2N2O. The van der Waals surface area contributed by atoms with Gasteiger partial charge in [0.2, 0.25) is 5.71 Å². The fourth-order valence-corrected chi connectivity index (χ4v) is 5.57. The van der Waals surface area contributed by atoms with E-state index in [0.717, 1.165) is 44.4 Å². The number of para-hydroxylation sites is 2. The molecule has 0 saturated heterocycles. The van der Waals surface area contributed by atoms with Gasteiger partial charge in [-0.15, -0.1) is 0 Å². The van der Waals surface area contributed by atoms with E-state index >= 15 is 0 Å². The van der Waals surface area contributed by atoms with Gasteiger partial charge in [-0.3, -0.25) is 4.98 Å². The molecule has 3 heterocycles. The lowest BCUT2D eigenvalue weighted by Gasteiger charge is -2.38. The molecule has 0 N–H and O–H groups in total. The number of aromatic nitrogens is 2. The van der Waals surface area contributed by atoms with Crippen LogP contribution >= 0.6 is 0 Å². The van der Waals surface area contributed by atoms with Crippen LogP contribution in [0.2, 0.25) is 0 Å². The molecular weight excluding hydrogens is 390 g/mol. The lowest BCUT2D eigenvalue weighted by Crippen LogP contribution is -2.37. The second kappa shape index (κ2) is 7.51. The van der Waals surface area contributed by atoms with E-state index in [1.54, 1.807) is 0 Å². The summed E-state index contributed by atoms with van der Waals surface area (Å²) >= 11 is 0. The molecule has 2 aromatic carbocycles.